The Hall–Kier alpha value is -3.22. The van der Waals surface area contributed by atoms with Gasteiger partial charge in [0.15, 0.2) is 0 Å². The zero-order valence-electron chi connectivity index (χ0n) is 14.8. The number of ether oxygens (including phenoxy) is 1. The fourth-order valence-electron chi connectivity index (χ4n) is 2.93. The van der Waals surface area contributed by atoms with Gasteiger partial charge in [0.2, 0.25) is 17.6 Å². The van der Waals surface area contributed by atoms with E-state index in [9.17, 15) is 4.79 Å². The van der Waals surface area contributed by atoms with Gasteiger partial charge in [-0.05, 0) is 30.7 Å². The number of hydrogen-bond acceptors (Lipinski definition) is 6. The Morgan fingerprint density at radius 2 is 1.93 bits per heavy atom. The van der Waals surface area contributed by atoms with Crippen LogP contribution in [0.3, 0.4) is 0 Å². The normalized spacial score (nSPS) is 14.0. The molecule has 7 heteroatoms. The van der Waals surface area contributed by atoms with Crippen LogP contribution in [0.1, 0.15) is 18.7 Å². The molecule has 1 amide bonds. The van der Waals surface area contributed by atoms with Gasteiger partial charge in [0, 0.05) is 30.8 Å². The summed E-state index contributed by atoms with van der Waals surface area (Å²) >= 11 is 0. The van der Waals surface area contributed by atoms with Crippen molar-refractivity contribution < 1.29 is 14.1 Å². The van der Waals surface area contributed by atoms with Crippen LogP contribution >= 0.6 is 0 Å². The maximum atomic E-state index is 12.2. The van der Waals surface area contributed by atoms with Gasteiger partial charge in [-0.1, -0.05) is 23.4 Å². The third kappa shape index (κ3) is 4.31. The van der Waals surface area contributed by atoms with Gasteiger partial charge in [0.1, 0.15) is 11.9 Å². The molecule has 0 spiro atoms. The topological polar surface area (TPSA) is 81.3 Å². The summed E-state index contributed by atoms with van der Waals surface area (Å²) in [5.74, 6) is 2.07. The predicted molar refractivity (Wildman–Crippen MR) is 97.9 cm³/mol. The number of carbonyl (C=O) groups excluding carboxylic acids is 1. The van der Waals surface area contributed by atoms with Crippen molar-refractivity contribution in [1.29, 1.82) is 0 Å². The number of pyridine rings is 1. The minimum absolute atomic E-state index is 0.0789. The van der Waals surface area contributed by atoms with Gasteiger partial charge in [-0.3, -0.25) is 9.78 Å². The van der Waals surface area contributed by atoms with E-state index in [4.69, 9.17) is 9.26 Å². The van der Waals surface area contributed by atoms with Crippen molar-refractivity contribution in [1.82, 2.24) is 20.0 Å². The molecule has 0 aliphatic carbocycles. The van der Waals surface area contributed by atoms with Crippen LogP contribution in [-0.2, 0) is 11.2 Å². The highest BCUT2D eigenvalue weighted by molar-refractivity contribution is 5.77. The number of aryl methyl sites for hydroxylation is 1. The highest BCUT2D eigenvalue weighted by atomic mass is 16.5. The van der Waals surface area contributed by atoms with Crippen LogP contribution in [0.15, 0.2) is 59.4 Å². The zero-order chi connectivity index (χ0) is 18.5. The summed E-state index contributed by atoms with van der Waals surface area (Å²) in [5, 5.41) is 3.97. The maximum Gasteiger partial charge on any atom is 0.226 e. The molecule has 0 N–H and O–H groups in total. The summed E-state index contributed by atoms with van der Waals surface area (Å²) in [7, 11) is 0. The lowest BCUT2D eigenvalue weighted by atomic mass is 10.1. The Bertz CT molecular complexity index is 877. The molecule has 0 bridgehead atoms. The molecule has 0 radical (unpaired) electrons. The Morgan fingerprint density at radius 1 is 1.15 bits per heavy atom. The number of carbonyl (C=O) groups is 1. The number of nitrogens with zero attached hydrogens (tertiary/aromatic N) is 4. The lowest BCUT2D eigenvalue weighted by Crippen LogP contribution is -2.56. The molecule has 2 aromatic heterocycles. The molecule has 0 atom stereocenters. The van der Waals surface area contributed by atoms with Gasteiger partial charge in [0.05, 0.1) is 13.1 Å². The summed E-state index contributed by atoms with van der Waals surface area (Å²) in [6.45, 7) is 1.28. The molecule has 3 aromatic rings. The molecular weight excluding hydrogens is 344 g/mol. The zero-order valence-corrected chi connectivity index (χ0v) is 14.8. The molecular formula is C20H20N4O3. The van der Waals surface area contributed by atoms with Gasteiger partial charge < -0.3 is 14.2 Å². The summed E-state index contributed by atoms with van der Waals surface area (Å²) in [4.78, 5) is 22.4. The van der Waals surface area contributed by atoms with Gasteiger partial charge in [-0.15, -0.1) is 0 Å². The van der Waals surface area contributed by atoms with Gasteiger partial charge in [0.25, 0.3) is 0 Å². The summed E-state index contributed by atoms with van der Waals surface area (Å²) in [6.07, 6.45) is 5.18. The van der Waals surface area contributed by atoms with E-state index in [0.29, 0.717) is 44.1 Å². The van der Waals surface area contributed by atoms with Crippen LogP contribution in [0, 0.1) is 0 Å². The molecule has 1 fully saturated rings. The number of aromatic nitrogens is 3. The molecule has 4 rings (SSSR count). The fraction of sp³-hybridized carbons (Fsp3) is 0.300. The third-order valence-electron chi connectivity index (χ3n) is 4.43. The van der Waals surface area contributed by atoms with E-state index in [1.54, 1.807) is 12.4 Å². The molecule has 0 saturated carbocycles. The molecule has 0 unspecified atom stereocenters. The molecule has 1 aromatic carbocycles. The number of amides is 1. The van der Waals surface area contributed by atoms with Crippen molar-refractivity contribution in [3.63, 3.8) is 0 Å². The van der Waals surface area contributed by atoms with E-state index < -0.39 is 0 Å². The molecule has 1 aliphatic rings. The van der Waals surface area contributed by atoms with Crippen molar-refractivity contribution in [2.75, 3.05) is 13.1 Å². The van der Waals surface area contributed by atoms with E-state index >= 15 is 0 Å². The summed E-state index contributed by atoms with van der Waals surface area (Å²) in [5.41, 5.74) is 0.862. The van der Waals surface area contributed by atoms with E-state index in [1.807, 2.05) is 47.4 Å². The van der Waals surface area contributed by atoms with Crippen LogP contribution < -0.4 is 4.74 Å². The second-order valence-corrected chi connectivity index (χ2v) is 6.45. The van der Waals surface area contributed by atoms with Gasteiger partial charge in [-0.2, -0.15) is 4.98 Å². The molecule has 3 heterocycles. The standard InChI is InChI=1S/C20H20N4O3/c25-19(24-13-17(14-24)26-16-5-2-1-3-6-16)8-4-7-18-22-20(23-27-18)15-9-11-21-12-10-15/h1-3,5-6,9-12,17H,4,7-8,13-14H2. The number of hydrogen-bond donors (Lipinski definition) is 0. The fourth-order valence-corrected chi connectivity index (χ4v) is 2.93. The van der Waals surface area contributed by atoms with Crippen LogP contribution in [0.2, 0.25) is 0 Å². The van der Waals surface area contributed by atoms with E-state index in [0.717, 1.165) is 11.3 Å². The maximum absolute atomic E-state index is 12.2. The minimum atomic E-state index is 0.0789. The van der Waals surface area contributed by atoms with Crippen molar-refractivity contribution in [3.05, 3.63) is 60.7 Å². The smallest absolute Gasteiger partial charge is 0.226 e. The first-order valence-electron chi connectivity index (χ1n) is 9.00. The monoisotopic (exact) mass is 364 g/mol. The SMILES string of the molecule is O=C(CCCc1nc(-c2ccncc2)no1)N1CC(Oc2ccccc2)C1. The molecule has 27 heavy (non-hydrogen) atoms. The second kappa shape index (κ2) is 7.99. The number of likely N-dealkylation sites (tertiary alicyclic amines) is 1. The number of benzene rings is 1. The minimum Gasteiger partial charge on any atom is -0.487 e. The van der Waals surface area contributed by atoms with Crippen LogP contribution in [-0.4, -0.2) is 45.1 Å². The quantitative estimate of drug-likeness (QED) is 0.641. The Balaban J connectivity index is 1.18. The van der Waals surface area contributed by atoms with Crippen molar-refractivity contribution in [2.45, 2.75) is 25.4 Å². The van der Waals surface area contributed by atoms with Crippen molar-refractivity contribution >= 4 is 5.91 Å². The largest absolute Gasteiger partial charge is 0.487 e. The van der Waals surface area contributed by atoms with E-state index in [-0.39, 0.29) is 12.0 Å². The molecule has 138 valence electrons. The van der Waals surface area contributed by atoms with Crippen LogP contribution in [0.4, 0.5) is 0 Å². The van der Waals surface area contributed by atoms with Crippen LogP contribution in [0.25, 0.3) is 11.4 Å². The molecule has 1 aliphatic heterocycles. The summed E-state index contributed by atoms with van der Waals surface area (Å²) < 4.78 is 11.1. The lowest BCUT2D eigenvalue weighted by Gasteiger charge is -2.39. The highest BCUT2D eigenvalue weighted by Crippen LogP contribution is 2.19. The first-order chi connectivity index (χ1) is 13.3. The third-order valence-corrected chi connectivity index (χ3v) is 4.43. The van der Waals surface area contributed by atoms with E-state index in [1.165, 1.54) is 0 Å². The molecule has 7 nitrogen and oxygen atoms in total. The van der Waals surface area contributed by atoms with Crippen molar-refractivity contribution in [2.24, 2.45) is 0 Å². The Kier molecular flexibility index (Phi) is 5.09. The van der Waals surface area contributed by atoms with Crippen LogP contribution in [0.5, 0.6) is 5.75 Å². The van der Waals surface area contributed by atoms with Crippen molar-refractivity contribution in [3.8, 4) is 17.1 Å². The van der Waals surface area contributed by atoms with Gasteiger partial charge >= 0.3 is 0 Å². The highest BCUT2D eigenvalue weighted by Gasteiger charge is 2.31. The van der Waals surface area contributed by atoms with E-state index in [2.05, 4.69) is 15.1 Å². The Morgan fingerprint density at radius 3 is 2.70 bits per heavy atom. The number of para-hydroxylation sites is 1. The first kappa shape index (κ1) is 17.2. The Labute approximate surface area is 157 Å². The second-order valence-electron chi connectivity index (χ2n) is 6.45. The van der Waals surface area contributed by atoms with Gasteiger partial charge in [-0.25, -0.2) is 0 Å². The average Bonchev–Trinajstić information content (AvgIpc) is 3.15. The number of rotatable bonds is 7. The summed E-state index contributed by atoms with van der Waals surface area (Å²) in [6, 6.07) is 13.3. The predicted octanol–water partition coefficient (Wildman–Crippen LogP) is 2.74. The lowest BCUT2D eigenvalue weighted by molar-refractivity contribution is -0.140. The average molecular weight is 364 g/mol. The molecule has 1 saturated heterocycles. The first-order valence-corrected chi connectivity index (χ1v) is 9.00.